The molecule has 0 radical (unpaired) electrons. The smallest absolute Gasteiger partial charge is 0.330 e. The van der Waals surface area contributed by atoms with Crippen molar-refractivity contribution in [3.8, 4) is 0 Å². The number of nitrogens with zero attached hydrogens (tertiary/aromatic N) is 1. The molecule has 2 heterocycles. The number of nitrogens with one attached hydrogen (secondary N) is 1. The molecule has 3 unspecified atom stereocenters. The highest BCUT2D eigenvalue weighted by atomic mass is 16.5. The maximum Gasteiger partial charge on any atom is 0.330 e. The van der Waals surface area contributed by atoms with Gasteiger partial charge >= 0.3 is 5.69 Å². The van der Waals surface area contributed by atoms with Gasteiger partial charge in [-0.3, -0.25) is 14.3 Å². The summed E-state index contributed by atoms with van der Waals surface area (Å²) in [5.41, 5.74) is -0.770. The van der Waals surface area contributed by atoms with Crippen LogP contribution in [-0.4, -0.2) is 22.9 Å². The summed E-state index contributed by atoms with van der Waals surface area (Å²) in [6.07, 6.45) is 3.45. The molecule has 92 valence electrons. The lowest BCUT2D eigenvalue weighted by atomic mass is 9.75. The van der Waals surface area contributed by atoms with Gasteiger partial charge in [-0.1, -0.05) is 20.1 Å². The van der Waals surface area contributed by atoms with Gasteiger partial charge in [-0.25, -0.2) is 4.79 Å². The number of rotatable bonds is 3. The Labute approximate surface area is 100 Å². The fourth-order valence-corrected chi connectivity index (χ4v) is 2.39. The standard InChI is InChI=1S/C11H17BN2O3/c1-7-5-8(6-12-2)17-10(7)14-4-3-9(15)13-11(14)16/h3-4,7-8,10,12H,5-6H2,1-2H3,(H,13,15,16). The summed E-state index contributed by atoms with van der Waals surface area (Å²) in [6.45, 7) is 4.19. The van der Waals surface area contributed by atoms with Gasteiger partial charge in [-0.2, -0.15) is 0 Å². The second kappa shape index (κ2) is 4.92. The average molecular weight is 236 g/mol. The molecule has 1 aromatic rings. The van der Waals surface area contributed by atoms with Crippen molar-refractivity contribution in [3.63, 3.8) is 0 Å². The lowest BCUT2D eigenvalue weighted by molar-refractivity contribution is -0.00549. The van der Waals surface area contributed by atoms with Crippen molar-refractivity contribution in [1.29, 1.82) is 0 Å². The van der Waals surface area contributed by atoms with Crippen molar-refractivity contribution >= 4 is 7.28 Å². The van der Waals surface area contributed by atoms with Crippen LogP contribution in [0.15, 0.2) is 21.9 Å². The lowest BCUT2D eigenvalue weighted by Gasteiger charge is -2.17. The second-order valence-electron chi connectivity index (χ2n) is 4.67. The van der Waals surface area contributed by atoms with Gasteiger partial charge in [0.2, 0.25) is 0 Å². The number of H-pyrrole nitrogens is 1. The van der Waals surface area contributed by atoms with Gasteiger partial charge in [0.15, 0.2) is 0 Å². The van der Waals surface area contributed by atoms with Crippen molar-refractivity contribution < 1.29 is 4.74 Å². The van der Waals surface area contributed by atoms with E-state index in [0.717, 1.165) is 20.0 Å². The Balaban J connectivity index is 2.23. The van der Waals surface area contributed by atoms with Crippen molar-refractivity contribution in [2.24, 2.45) is 5.92 Å². The van der Waals surface area contributed by atoms with Crippen molar-refractivity contribution in [1.82, 2.24) is 9.55 Å². The Bertz CT molecular complexity index is 496. The van der Waals surface area contributed by atoms with E-state index in [4.69, 9.17) is 4.74 Å². The predicted octanol–water partition coefficient (Wildman–Crippen LogP) is 0.363. The number of aromatic amines is 1. The van der Waals surface area contributed by atoms with E-state index in [1.54, 1.807) is 0 Å². The molecule has 1 saturated heterocycles. The lowest BCUT2D eigenvalue weighted by Crippen LogP contribution is -2.33. The van der Waals surface area contributed by atoms with E-state index in [1.807, 2.05) is 0 Å². The topological polar surface area (TPSA) is 64.1 Å². The average Bonchev–Trinajstić information content (AvgIpc) is 2.60. The third-order valence-corrected chi connectivity index (χ3v) is 3.19. The molecule has 1 aromatic heterocycles. The molecule has 0 aromatic carbocycles. The minimum absolute atomic E-state index is 0.221. The molecular weight excluding hydrogens is 219 g/mol. The van der Waals surface area contributed by atoms with Crippen LogP contribution in [0.2, 0.25) is 13.1 Å². The normalized spacial score (nSPS) is 28.2. The van der Waals surface area contributed by atoms with E-state index in [2.05, 4.69) is 18.7 Å². The fourth-order valence-electron chi connectivity index (χ4n) is 2.39. The van der Waals surface area contributed by atoms with E-state index in [1.165, 1.54) is 16.8 Å². The summed E-state index contributed by atoms with van der Waals surface area (Å²) in [5.74, 6) is 0.287. The highest BCUT2D eigenvalue weighted by molar-refractivity contribution is 6.33. The second-order valence-corrected chi connectivity index (χ2v) is 4.67. The zero-order chi connectivity index (χ0) is 12.4. The first-order valence-corrected chi connectivity index (χ1v) is 6.08. The number of aromatic nitrogens is 2. The Hall–Kier alpha value is -1.30. The Morgan fingerprint density at radius 3 is 3.00 bits per heavy atom. The molecule has 1 aliphatic rings. The van der Waals surface area contributed by atoms with Gasteiger partial charge in [0.25, 0.3) is 5.56 Å². The first kappa shape index (κ1) is 12.2. The molecule has 0 saturated carbocycles. The number of ether oxygens (including phenoxy) is 1. The highest BCUT2D eigenvalue weighted by Crippen LogP contribution is 2.34. The Morgan fingerprint density at radius 2 is 2.35 bits per heavy atom. The van der Waals surface area contributed by atoms with E-state index < -0.39 is 5.69 Å². The molecule has 0 spiro atoms. The first-order valence-electron chi connectivity index (χ1n) is 6.08. The van der Waals surface area contributed by atoms with Crippen LogP contribution in [0.3, 0.4) is 0 Å². The van der Waals surface area contributed by atoms with Crippen LogP contribution >= 0.6 is 0 Å². The molecule has 1 fully saturated rings. The molecule has 0 bridgehead atoms. The third-order valence-electron chi connectivity index (χ3n) is 3.19. The van der Waals surface area contributed by atoms with Crippen LogP contribution in [-0.2, 0) is 4.74 Å². The predicted molar refractivity (Wildman–Crippen MR) is 66.8 cm³/mol. The SMILES string of the molecule is CBCC1CC(C)C(n2ccc(=O)[nH]c2=O)O1. The first-order chi connectivity index (χ1) is 8.11. The number of hydrogen-bond donors (Lipinski definition) is 1. The largest absolute Gasteiger partial charge is 0.355 e. The fraction of sp³-hybridized carbons (Fsp3) is 0.636. The maximum atomic E-state index is 11.7. The van der Waals surface area contributed by atoms with Crippen molar-refractivity contribution in [3.05, 3.63) is 33.1 Å². The molecule has 0 amide bonds. The monoisotopic (exact) mass is 236 g/mol. The molecule has 1 N–H and O–H groups in total. The minimum Gasteiger partial charge on any atom is -0.355 e. The van der Waals surface area contributed by atoms with Gasteiger partial charge in [-0.05, 0) is 6.42 Å². The van der Waals surface area contributed by atoms with E-state index in [0.29, 0.717) is 0 Å². The molecule has 1 aliphatic heterocycles. The van der Waals surface area contributed by atoms with Crippen LogP contribution in [0.4, 0.5) is 0 Å². The van der Waals surface area contributed by atoms with Crippen molar-refractivity contribution in [2.45, 2.75) is 38.8 Å². The Kier molecular flexibility index (Phi) is 3.52. The summed E-state index contributed by atoms with van der Waals surface area (Å²) in [6, 6.07) is 1.35. The van der Waals surface area contributed by atoms with Crippen molar-refractivity contribution in [2.75, 3.05) is 0 Å². The van der Waals surface area contributed by atoms with Gasteiger partial charge in [0.05, 0.1) is 6.10 Å². The summed E-state index contributed by atoms with van der Waals surface area (Å²) in [7, 11) is 1.07. The van der Waals surface area contributed by atoms with Crippen LogP contribution in [0.25, 0.3) is 0 Å². The van der Waals surface area contributed by atoms with Crippen LogP contribution in [0.1, 0.15) is 19.6 Å². The van der Waals surface area contributed by atoms with Gasteiger partial charge in [0.1, 0.15) is 13.5 Å². The zero-order valence-corrected chi connectivity index (χ0v) is 10.2. The Morgan fingerprint density at radius 1 is 1.59 bits per heavy atom. The summed E-state index contributed by atoms with van der Waals surface area (Å²) in [5, 5.41) is 0. The summed E-state index contributed by atoms with van der Waals surface area (Å²) in [4.78, 5) is 24.9. The molecular formula is C11H17BN2O3. The van der Waals surface area contributed by atoms with E-state index >= 15 is 0 Å². The summed E-state index contributed by atoms with van der Waals surface area (Å²) < 4.78 is 7.34. The molecule has 0 aliphatic carbocycles. The molecule has 2 rings (SSSR count). The highest BCUT2D eigenvalue weighted by Gasteiger charge is 2.33. The van der Waals surface area contributed by atoms with Gasteiger partial charge in [-0.15, -0.1) is 0 Å². The zero-order valence-electron chi connectivity index (χ0n) is 10.2. The maximum absolute atomic E-state index is 11.7. The minimum atomic E-state index is -0.397. The molecule has 6 heteroatoms. The van der Waals surface area contributed by atoms with E-state index in [9.17, 15) is 9.59 Å². The molecule has 17 heavy (non-hydrogen) atoms. The van der Waals surface area contributed by atoms with Crippen LogP contribution in [0, 0.1) is 5.92 Å². The van der Waals surface area contributed by atoms with Gasteiger partial charge < -0.3 is 4.74 Å². The third kappa shape index (κ3) is 2.52. The van der Waals surface area contributed by atoms with Gasteiger partial charge in [0, 0.05) is 18.2 Å². The number of hydrogen-bond acceptors (Lipinski definition) is 3. The van der Waals surface area contributed by atoms with E-state index in [-0.39, 0.29) is 23.8 Å². The summed E-state index contributed by atoms with van der Waals surface area (Å²) >= 11 is 0. The van der Waals surface area contributed by atoms with Crippen LogP contribution < -0.4 is 11.2 Å². The molecule has 5 nitrogen and oxygen atoms in total. The molecule has 3 atom stereocenters. The van der Waals surface area contributed by atoms with Crippen LogP contribution in [0.5, 0.6) is 0 Å². The quantitative estimate of drug-likeness (QED) is 0.771.